The molecule has 1 saturated carbocycles. The van der Waals surface area contributed by atoms with E-state index in [2.05, 4.69) is 5.10 Å². The van der Waals surface area contributed by atoms with Gasteiger partial charge in [-0.25, -0.2) is 0 Å². The summed E-state index contributed by atoms with van der Waals surface area (Å²) in [6.45, 7) is 1.02. The van der Waals surface area contributed by atoms with Crippen molar-refractivity contribution in [2.45, 2.75) is 31.8 Å². The zero-order valence-corrected chi connectivity index (χ0v) is 10.3. The Balaban J connectivity index is 1.80. The first-order valence-corrected chi connectivity index (χ1v) is 6.43. The first-order chi connectivity index (χ1) is 8.23. The van der Waals surface area contributed by atoms with Crippen molar-refractivity contribution < 1.29 is 9.84 Å². The smallest absolute Gasteiger partial charge is 0.0685 e. The van der Waals surface area contributed by atoms with E-state index < -0.39 is 0 Å². The maximum absolute atomic E-state index is 9.82. The van der Waals surface area contributed by atoms with Gasteiger partial charge in [-0.2, -0.15) is 5.10 Å². The second-order valence-electron chi connectivity index (χ2n) is 5.60. The quantitative estimate of drug-likeness (QED) is 0.852. The Morgan fingerprint density at radius 2 is 2.41 bits per heavy atom. The summed E-state index contributed by atoms with van der Waals surface area (Å²) in [7, 11) is 1.93. The van der Waals surface area contributed by atoms with Gasteiger partial charge in [-0.3, -0.25) is 4.68 Å². The van der Waals surface area contributed by atoms with E-state index in [1.807, 2.05) is 24.1 Å². The van der Waals surface area contributed by atoms with E-state index in [0.717, 1.165) is 19.4 Å². The zero-order valence-electron chi connectivity index (χ0n) is 10.3. The van der Waals surface area contributed by atoms with Crippen LogP contribution >= 0.6 is 0 Å². The fourth-order valence-corrected chi connectivity index (χ4v) is 3.13. The van der Waals surface area contributed by atoms with Gasteiger partial charge in [-0.05, 0) is 37.2 Å². The van der Waals surface area contributed by atoms with Crippen LogP contribution in [0.15, 0.2) is 12.4 Å². The number of nitrogens with zero attached hydrogens (tertiary/aromatic N) is 2. The summed E-state index contributed by atoms with van der Waals surface area (Å²) in [5.41, 5.74) is 1.14. The molecule has 1 aliphatic heterocycles. The largest absolute Gasteiger partial charge is 0.396 e. The summed E-state index contributed by atoms with van der Waals surface area (Å²) in [6.07, 6.45) is 8.59. The minimum Gasteiger partial charge on any atom is -0.396 e. The molecule has 1 aliphatic carbocycles. The molecular weight excluding hydrogens is 216 g/mol. The lowest BCUT2D eigenvalue weighted by atomic mass is 9.75. The molecule has 4 nitrogen and oxygen atoms in total. The number of rotatable bonds is 4. The highest BCUT2D eigenvalue weighted by molar-refractivity contribution is 5.12. The van der Waals surface area contributed by atoms with Crippen LogP contribution in [-0.2, 0) is 18.2 Å². The first-order valence-electron chi connectivity index (χ1n) is 6.43. The summed E-state index contributed by atoms with van der Waals surface area (Å²) in [5, 5.41) is 14.0. The maximum Gasteiger partial charge on any atom is 0.0685 e. The summed E-state index contributed by atoms with van der Waals surface area (Å²) < 4.78 is 7.70. The van der Waals surface area contributed by atoms with Crippen LogP contribution in [0.4, 0.5) is 0 Å². The van der Waals surface area contributed by atoms with E-state index in [0.29, 0.717) is 5.92 Å². The summed E-state index contributed by atoms with van der Waals surface area (Å²) in [4.78, 5) is 0. The molecule has 0 bridgehead atoms. The Bertz CT molecular complexity index is 400. The molecule has 1 aromatic heterocycles. The fourth-order valence-electron chi connectivity index (χ4n) is 3.13. The van der Waals surface area contributed by atoms with E-state index >= 15 is 0 Å². The number of hydrogen-bond donors (Lipinski definition) is 1. The van der Waals surface area contributed by atoms with E-state index in [4.69, 9.17) is 4.74 Å². The minimum absolute atomic E-state index is 0.0653. The molecule has 1 saturated heterocycles. The van der Waals surface area contributed by atoms with Crippen LogP contribution in [-0.4, -0.2) is 34.2 Å². The zero-order chi connectivity index (χ0) is 11.9. The number of ether oxygens (including phenoxy) is 1. The second kappa shape index (κ2) is 4.10. The molecule has 0 radical (unpaired) electrons. The lowest BCUT2D eigenvalue weighted by molar-refractivity contribution is 0.000579. The van der Waals surface area contributed by atoms with E-state index in [1.54, 1.807) is 0 Å². The summed E-state index contributed by atoms with van der Waals surface area (Å²) in [6, 6.07) is 0. The van der Waals surface area contributed by atoms with Gasteiger partial charge in [0.05, 0.1) is 18.9 Å². The molecule has 2 atom stereocenters. The van der Waals surface area contributed by atoms with Crippen molar-refractivity contribution in [3.05, 3.63) is 18.0 Å². The van der Waals surface area contributed by atoms with Gasteiger partial charge < -0.3 is 9.84 Å². The molecule has 17 heavy (non-hydrogen) atoms. The predicted molar refractivity (Wildman–Crippen MR) is 63.5 cm³/mol. The fraction of sp³-hybridized carbons (Fsp3) is 0.769. The Morgan fingerprint density at radius 3 is 3.00 bits per heavy atom. The molecule has 94 valence electrons. The average molecular weight is 236 g/mol. The number of hydrogen-bond acceptors (Lipinski definition) is 3. The third kappa shape index (κ3) is 2.00. The maximum atomic E-state index is 9.82. The van der Waals surface area contributed by atoms with Gasteiger partial charge in [0.15, 0.2) is 0 Å². The van der Waals surface area contributed by atoms with Crippen molar-refractivity contribution in [3.63, 3.8) is 0 Å². The van der Waals surface area contributed by atoms with E-state index in [9.17, 15) is 5.11 Å². The Morgan fingerprint density at radius 1 is 1.59 bits per heavy atom. The van der Waals surface area contributed by atoms with E-state index in [1.165, 1.54) is 18.4 Å². The van der Waals surface area contributed by atoms with Crippen LogP contribution in [0.5, 0.6) is 0 Å². The van der Waals surface area contributed by atoms with Gasteiger partial charge in [0.25, 0.3) is 0 Å². The predicted octanol–water partition coefficient (Wildman–Crippen LogP) is 1.14. The van der Waals surface area contributed by atoms with Gasteiger partial charge in [-0.1, -0.05) is 0 Å². The van der Waals surface area contributed by atoms with Gasteiger partial charge >= 0.3 is 0 Å². The second-order valence-corrected chi connectivity index (χ2v) is 5.60. The van der Waals surface area contributed by atoms with Crippen molar-refractivity contribution in [1.29, 1.82) is 0 Å². The molecule has 0 amide bonds. The van der Waals surface area contributed by atoms with Gasteiger partial charge in [0, 0.05) is 25.3 Å². The van der Waals surface area contributed by atoms with E-state index in [-0.39, 0.29) is 18.1 Å². The van der Waals surface area contributed by atoms with Crippen LogP contribution in [0.25, 0.3) is 0 Å². The Labute approximate surface area is 102 Å². The number of aliphatic hydroxyl groups is 1. The van der Waals surface area contributed by atoms with Crippen LogP contribution in [0.3, 0.4) is 0 Å². The van der Waals surface area contributed by atoms with Crippen molar-refractivity contribution in [3.8, 4) is 0 Å². The van der Waals surface area contributed by atoms with Gasteiger partial charge in [0.2, 0.25) is 0 Å². The Kier molecular flexibility index (Phi) is 2.71. The highest BCUT2D eigenvalue weighted by Gasteiger charge is 2.50. The molecule has 3 rings (SSSR count). The Hall–Kier alpha value is -0.870. The van der Waals surface area contributed by atoms with Crippen molar-refractivity contribution in [2.75, 3.05) is 13.2 Å². The summed E-state index contributed by atoms with van der Waals surface area (Å²) >= 11 is 0. The normalized spacial score (nSPS) is 33.2. The highest BCUT2D eigenvalue weighted by Crippen LogP contribution is 2.49. The number of aromatic nitrogens is 2. The first kappa shape index (κ1) is 11.2. The van der Waals surface area contributed by atoms with Gasteiger partial charge in [-0.15, -0.1) is 0 Å². The lowest BCUT2D eigenvalue weighted by Gasteiger charge is -2.32. The van der Waals surface area contributed by atoms with Crippen molar-refractivity contribution >= 4 is 0 Å². The molecule has 1 aromatic rings. The molecule has 4 heteroatoms. The topological polar surface area (TPSA) is 47.3 Å². The third-order valence-corrected chi connectivity index (χ3v) is 4.18. The van der Waals surface area contributed by atoms with Crippen molar-refractivity contribution in [2.24, 2.45) is 18.4 Å². The van der Waals surface area contributed by atoms with Gasteiger partial charge in [0.1, 0.15) is 0 Å². The van der Waals surface area contributed by atoms with Crippen molar-refractivity contribution in [1.82, 2.24) is 9.78 Å². The molecular formula is C13H20N2O2. The molecule has 1 N–H and O–H groups in total. The SMILES string of the molecule is Cn1cc(CC2(CO)CCOC2C2CC2)cn1. The summed E-state index contributed by atoms with van der Waals surface area (Å²) in [5.74, 6) is 0.682. The molecule has 0 spiro atoms. The molecule has 2 fully saturated rings. The molecule has 0 aromatic carbocycles. The highest BCUT2D eigenvalue weighted by atomic mass is 16.5. The minimum atomic E-state index is -0.0653. The van der Waals surface area contributed by atoms with Crippen LogP contribution in [0.1, 0.15) is 24.8 Å². The number of aliphatic hydroxyl groups excluding tert-OH is 1. The molecule has 2 unspecified atom stereocenters. The third-order valence-electron chi connectivity index (χ3n) is 4.18. The van der Waals surface area contributed by atoms with Crippen LogP contribution in [0.2, 0.25) is 0 Å². The van der Waals surface area contributed by atoms with Crippen LogP contribution in [0, 0.1) is 11.3 Å². The monoisotopic (exact) mass is 236 g/mol. The molecule has 2 aliphatic rings. The standard InChI is InChI=1S/C13H20N2O2/c1-15-8-10(7-14-15)6-13(9-16)4-5-17-12(13)11-2-3-11/h7-8,11-12,16H,2-6,9H2,1H3. The van der Waals surface area contributed by atoms with Crippen LogP contribution < -0.4 is 0 Å². The number of aryl methyl sites for hydroxylation is 1. The molecule has 2 heterocycles. The average Bonchev–Trinajstić information content (AvgIpc) is 2.96. The lowest BCUT2D eigenvalue weighted by Crippen LogP contribution is -2.38.